The Kier molecular flexibility index (Phi) is 7.36. The number of aryl methyl sites for hydroxylation is 1. The number of aromatic hydroxyl groups is 1. The molecule has 7 nitrogen and oxygen atoms in total. The summed E-state index contributed by atoms with van der Waals surface area (Å²) >= 11 is 3.22. The molecule has 0 fully saturated rings. The number of amides is 2. The smallest absolute Gasteiger partial charge is 0.329 e. The van der Waals surface area contributed by atoms with Gasteiger partial charge in [0.2, 0.25) is 0 Å². The molecule has 0 aromatic heterocycles. The van der Waals surface area contributed by atoms with Gasteiger partial charge in [-0.2, -0.15) is 5.10 Å². The van der Waals surface area contributed by atoms with E-state index in [1.165, 1.54) is 6.21 Å². The van der Waals surface area contributed by atoms with Crippen molar-refractivity contribution in [3.63, 3.8) is 0 Å². The molecule has 2 aromatic carbocycles. The SMILES string of the molecule is CCOc1cc(/C=N/NC(=O)C(=O)Nc2ccccc2CC)cc(Br)c1O. The van der Waals surface area contributed by atoms with Crippen molar-refractivity contribution in [2.24, 2.45) is 5.10 Å². The molecule has 2 rings (SSSR count). The standard InChI is InChI=1S/C19H20BrN3O4/c1-3-13-7-5-6-8-15(13)22-18(25)19(26)23-21-11-12-9-14(20)17(24)16(10-12)27-4-2/h5-11,24H,3-4H2,1-2H3,(H,22,25)(H,23,26)/b21-11+. The highest BCUT2D eigenvalue weighted by atomic mass is 79.9. The fraction of sp³-hybridized carbons (Fsp3) is 0.211. The van der Waals surface area contributed by atoms with Gasteiger partial charge in [-0.05, 0) is 58.6 Å². The van der Waals surface area contributed by atoms with E-state index >= 15 is 0 Å². The van der Waals surface area contributed by atoms with Crippen LogP contribution in [0.2, 0.25) is 0 Å². The summed E-state index contributed by atoms with van der Waals surface area (Å²) < 4.78 is 5.74. The molecular weight excluding hydrogens is 414 g/mol. The Morgan fingerprint density at radius 3 is 2.67 bits per heavy atom. The highest BCUT2D eigenvalue weighted by Gasteiger charge is 2.14. The average Bonchev–Trinajstić information content (AvgIpc) is 2.66. The molecule has 0 atom stereocenters. The van der Waals surface area contributed by atoms with Crippen molar-refractivity contribution in [3.05, 3.63) is 52.0 Å². The molecule has 8 heteroatoms. The number of halogens is 1. The maximum absolute atomic E-state index is 12.0. The fourth-order valence-corrected chi connectivity index (χ4v) is 2.74. The predicted molar refractivity (Wildman–Crippen MR) is 107 cm³/mol. The number of carbonyl (C=O) groups excluding carboxylic acids is 2. The first-order valence-electron chi connectivity index (χ1n) is 8.33. The van der Waals surface area contributed by atoms with Crippen LogP contribution in [-0.4, -0.2) is 29.7 Å². The Labute approximate surface area is 165 Å². The lowest BCUT2D eigenvalue weighted by Crippen LogP contribution is -2.32. The summed E-state index contributed by atoms with van der Waals surface area (Å²) in [5, 5.41) is 16.2. The molecule has 3 N–H and O–H groups in total. The van der Waals surface area contributed by atoms with Gasteiger partial charge in [-0.1, -0.05) is 25.1 Å². The van der Waals surface area contributed by atoms with Crippen LogP contribution < -0.4 is 15.5 Å². The third kappa shape index (κ3) is 5.55. The maximum atomic E-state index is 12.0. The summed E-state index contributed by atoms with van der Waals surface area (Å²) in [6.07, 6.45) is 2.08. The molecule has 0 unspecified atom stereocenters. The van der Waals surface area contributed by atoms with Gasteiger partial charge in [0.1, 0.15) is 0 Å². The summed E-state index contributed by atoms with van der Waals surface area (Å²) in [6, 6.07) is 10.4. The van der Waals surface area contributed by atoms with Gasteiger partial charge in [-0.15, -0.1) is 0 Å². The number of benzene rings is 2. The van der Waals surface area contributed by atoms with Gasteiger partial charge in [-0.25, -0.2) is 5.43 Å². The van der Waals surface area contributed by atoms with E-state index in [0.29, 0.717) is 22.3 Å². The Morgan fingerprint density at radius 2 is 1.96 bits per heavy atom. The topological polar surface area (TPSA) is 100 Å². The monoisotopic (exact) mass is 433 g/mol. The first kappa shape index (κ1) is 20.4. The van der Waals surface area contributed by atoms with E-state index in [2.05, 4.69) is 31.8 Å². The quantitative estimate of drug-likeness (QED) is 0.369. The van der Waals surface area contributed by atoms with Crippen LogP contribution >= 0.6 is 15.9 Å². The number of ether oxygens (including phenoxy) is 1. The molecule has 0 saturated heterocycles. The van der Waals surface area contributed by atoms with Crippen molar-refractivity contribution in [1.29, 1.82) is 0 Å². The van der Waals surface area contributed by atoms with Crippen LogP contribution in [0.4, 0.5) is 5.69 Å². The van der Waals surface area contributed by atoms with Gasteiger partial charge in [-0.3, -0.25) is 9.59 Å². The normalized spacial score (nSPS) is 10.6. The number of hydrogen-bond acceptors (Lipinski definition) is 5. The van der Waals surface area contributed by atoms with Gasteiger partial charge in [0, 0.05) is 5.69 Å². The molecule has 27 heavy (non-hydrogen) atoms. The lowest BCUT2D eigenvalue weighted by atomic mass is 10.1. The van der Waals surface area contributed by atoms with Crippen LogP contribution in [0, 0.1) is 0 Å². The largest absolute Gasteiger partial charge is 0.503 e. The van der Waals surface area contributed by atoms with Crippen LogP contribution in [0.15, 0.2) is 46.0 Å². The van der Waals surface area contributed by atoms with E-state index in [1.54, 1.807) is 31.2 Å². The minimum Gasteiger partial charge on any atom is -0.503 e. The molecule has 0 aliphatic heterocycles. The van der Waals surface area contributed by atoms with Crippen LogP contribution in [0.1, 0.15) is 25.0 Å². The van der Waals surface area contributed by atoms with Crippen molar-refractivity contribution < 1.29 is 19.4 Å². The summed E-state index contributed by atoms with van der Waals surface area (Å²) in [7, 11) is 0. The first-order chi connectivity index (χ1) is 13.0. The second-order valence-corrected chi connectivity index (χ2v) is 6.30. The number of anilines is 1. The van der Waals surface area contributed by atoms with Crippen LogP contribution in [0.5, 0.6) is 11.5 Å². The zero-order valence-electron chi connectivity index (χ0n) is 15.0. The lowest BCUT2D eigenvalue weighted by Gasteiger charge is -2.09. The second-order valence-electron chi connectivity index (χ2n) is 5.45. The number of nitrogens with one attached hydrogen (secondary N) is 2. The molecule has 0 bridgehead atoms. The fourth-order valence-electron chi connectivity index (χ4n) is 2.28. The Balaban J connectivity index is 2.01. The number of phenols is 1. The summed E-state index contributed by atoms with van der Waals surface area (Å²) in [5.41, 5.74) is 4.26. The van der Waals surface area contributed by atoms with Crippen molar-refractivity contribution in [1.82, 2.24) is 5.43 Å². The van der Waals surface area contributed by atoms with Crippen molar-refractivity contribution in [2.45, 2.75) is 20.3 Å². The highest BCUT2D eigenvalue weighted by molar-refractivity contribution is 9.10. The molecule has 0 radical (unpaired) electrons. The Morgan fingerprint density at radius 1 is 1.22 bits per heavy atom. The molecule has 0 saturated carbocycles. The zero-order valence-corrected chi connectivity index (χ0v) is 16.5. The molecule has 0 heterocycles. The van der Waals surface area contributed by atoms with Gasteiger partial charge in [0.15, 0.2) is 11.5 Å². The third-order valence-electron chi connectivity index (χ3n) is 3.58. The van der Waals surface area contributed by atoms with E-state index in [4.69, 9.17) is 4.74 Å². The molecule has 142 valence electrons. The number of para-hydroxylation sites is 1. The predicted octanol–water partition coefficient (Wildman–Crippen LogP) is 3.20. The first-order valence-corrected chi connectivity index (χ1v) is 9.13. The number of hydrogen-bond donors (Lipinski definition) is 3. The number of hydrazone groups is 1. The van der Waals surface area contributed by atoms with E-state index in [1.807, 2.05) is 19.1 Å². The molecule has 0 aliphatic rings. The van der Waals surface area contributed by atoms with E-state index in [0.717, 1.165) is 12.0 Å². The summed E-state index contributed by atoms with van der Waals surface area (Å²) in [6.45, 7) is 4.14. The Hall–Kier alpha value is -2.87. The molecular formula is C19H20BrN3O4. The number of nitrogens with zero attached hydrogens (tertiary/aromatic N) is 1. The van der Waals surface area contributed by atoms with Gasteiger partial charge in [0.25, 0.3) is 0 Å². The molecule has 2 amide bonds. The van der Waals surface area contributed by atoms with Crippen molar-refractivity contribution in [3.8, 4) is 11.5 Å². The molecule has 2 aromatic rings. The summed E-state index contributed by atoms with van der Waals surface area (Å²) in [4.78, 5) is 23.9. The number of rotatable bonds is 6. The maximum Gasteiger partial charge on any atom is 0.329 e. The third-order valence-corrected chi connectivity index (χ3v) is 4.19. The van der Waals surface area contributed by atoms with Gasteiger partial charge >= 0.3 is 11.8 Å². The number of phenolic OH excluding ortho intramolecular Hbond substituents is 1. The van der Waals surface area contributed by atoms with E-state index in [-0.39, 0.29) is 11.5 Å². The zero-order chi connectivity index (χ0) is 19.8. The second kappa shape index (κ2) is 9.72. The highest BCUT2D eigenvalue weighted by Crippen LogP contribution is 2.35. The van der Waals surface area contributed by atoms with Crippen LogP contribution in [0.25, 0.3) is 0 Å². The minimum atomic E-state index is -0.889. The van der Waals surface area contributed by atoms with Crippen LogP contribution in [-0.2, 0) is 16.0 Å². The molecule has 0 spiro atoms. The van der Waals surface area contributed by atoms with E-state index < -0.39 is 11.8 Å². The average molecular weight is 434 g/mol. The minimum absolute atomic E-state index is 0.0213. The van der Waals surface area contributed by atoms with E-state index in [9.17, 15) is 14.7 Å². The lowest BCUT2D eigenvalue weighted by molar-refractivity contribution is -0.136. The van der Waals surface area contributed by atoms with Crippen molar-refractivity contribution >= 4 is 39.6 Å². The van der Waals surface area contributed by atoms with Gasteiger partial charge < -0.3 is 15.2 Å². The van der Waals surface area contributed by atoms with Crippen LogP contribution in [0.3, 0.4) is 0 Å². The Bertz CT molecular complexity index is 868. The van der Waals surface area contributed by atoms with Crippen molar-refractivity contribution in [2.75, 3.05) is 11.9 Å². The van der Waals surface area contributed by atoms with Gasteiger partial charge in [0.05, 0.1) is 17.3 Å². The number of carbonyl (C=O) groups is 2. The summed E-state index contributed by atoms with van der Waals surface area (Å²) in [5.74, 6) is -1.43. The molecule has 0 aliphatic carbocycles.